The van der Waals surface area contributed by atoms with Crippen molar-refractivity contribution in [2.24, 2.45) is 0 Å². The number of nitrogens with zero attached hydrogens (tertiary/aromatic N) is 3. The molecule has 0 saturated carbocycles. The van der Waals surface area contributed by atoms with Gasteiger partial charge in [-0.1, -0.05) is 35.9 Å². The molecule has 0 radical (unpaired) electrons. The van der Waals surface area contributed by atoms with E-state index in [1.54, 1.807) is 85.1 Å². The number of nitrogens with one attached hydrogen (secondary N) is 2. The Labute approximate surface area is 226 Å². The lowest BCUT2D eigenvalue weighted by atomic mass is 10.1. The first-order valence-electron chi connectivity index (χ1n) is 11.6. The molecule has 5 rings (SSSR count). The number of ether oxygens (including phenoxy) is 1. The fourth-order valence-corrected chi connectivity index (χ4v) is 3.88. The van der Waals surface area contributed by atoms with Gasteiger partial charge in [-0.3, -0.25) is 9.55 Å². The molecule has 3 aromatic carbocycles. The van der Waals surface area contributed by atoms with E-state index in [1.807, 2.05) is 0 Å². The Morgan fingerprint density at radius 2 is 1.74 bits per heavy atom. The van der Waals surface area contributed by atoms with Gasteiger partial charge < -0.3 is 15.2 Å². The van der Waals surface area contributed by atoms with E-state index in [4.69, 9.17) is 16.3 Å². The number of halogens is 1. The van der Waals surface area contributed by atoms with Crippen LogP contribution in [0, 0.1) is 0 Å². The van der Waals surface area contributed by atoms with Crippen LogP contribution in [0.2, 0.25) is 5.02 Å². The third-order valence-electron chi connectivity index (χ3n) is 5.69. The van der Waals surface area contributed by atoms with Crippen LogP contribution < -0.4 is 21.4 Å². The summed E-state index contributed by atoms with van der Waals surface area (Å²) >= 11 is 5.94. The van der Waals surface area contributed by atoms with Crippen molar-refractivity contribution in [3.05, 3.63) is 128 Å². The summed E-state index contributed by atoms with van der Waals surface area (Å²) in [4.78, 5) is 46.0. The second-order valence-electron chi connectivity index (χ2n) is 8.41. The molecular formula is C28H20ClN5O5. The number of benzene rings is 3. The summed E-state index contributed by atoms with van der Waals surface area (Å²) in [5, 5.41) is 12.8. The monoisotopic (exact) mass is 541 g/mol. The van der Waals surface area contributed by atoms with Crippen LogP contribution in [-0.4, -0.2) is 30.6 Å². The van der Waals surface area contributed by atoms with Gasteiger partial charge in [0.05, 0.1) is 12.1 Å². The summed E-state index contributed by atoms with van der Waals surface area (Å²) in [5.41, 5.74) is 1.68. The number of carboxylic acids is 1. The molecule has 39 heavy (non-hydrogen) atoms. The highest BCUT2D eigenvalue weighted by molar-refractivity contribution is 6.30. The van der Waals surface area contributed by atoms with Crippen LogP contribution in [0.15, 0.2) is 101 Å². The molecule has 0 saturated heterocycles. The fraction of sp³-hybridized carbons (Fsp3) is 0.0357. The zero-order chi connectivity index (χ0) is 27.4. The molecule has 194 valence electrons. The topological polar surface area (TPSA) is 139 Å². The number of rotatable bonds is 8. The smallest absolute Gasteiger partial charge is 0.352 e. The second kappa shape index (κ2) is 11.0. The maximum Gasteiger partial charge on any atom is 0.352 e. The van der Waals surface area contributed by atoms with Gasteiger partial charge in [-0.25, -0.2) is 19.4 Å². The van der Waals surface area contributed by atoms with Crippen LogP contribution in [0.5, 0.6) is 11.6 Å². The maximum absolute atomic E-state index is 12.5. The zero-order valence-electron chi connectivity index (χ0n) is 20.2. The van der Waals surface area contributed by atoms with Crippen LogP contribution >= 0.6 is 11.6 Å². The normalized spacial score (nSPS) is 10.7. The number of carboxylic acid groups (broad SMARTS) is 1. The van der Waals surface area contributed by atoms with Crippen molar-refractivity contribution >= 4 is 29.2 Å². The Kier molecular flexibility index (Phi) is 7.19. The highest BCUT2D eigenvalue weighted by Gasteiger charge is 2.10. The van der Waals surface area contributed by atoms with Gasteiger partial charge >= 0.3 is 17.3 Å². The van der Waals surface area contributed by atoms with Crippen molar-refractivity contribution in [2.45, 2.75) is 6.54 Å². The molecule has 0 aliphatic rings. The van der Waals surface area contributed by atoms with Crippen LogP contribution in [0.3, 0.4) is 0 Å². The fourth-order valence-electron chi connectivity index (χ4n) is 3.75. The Morgan fingerprint density at radius 1 is 0.974 bits per heavy atom. The molecule has 5 aromatic rings. The van der Waals surface area contributed by atoms with Crippen LogP contribution in [0.1, 0.15) is 15.9 Å². The second-order valence-corrected chi connectivity index (χ2v) is 8.84. The van der Waals surface area contributed by atoms with Crippen molar-refractivity contribution in [1.29, 1.82) is 0 Å². The van der Waals surface area contributed by atoms with Gasteiger partial charge in [0.2, 0.25) is 11.8 Å². The summed E-state index contributed by atoms with van der Waals surface area (Å²) in [6, 6.07) is 23.9. The predicted octanol–water partition coefficient (Wildman–Crippen LogP) is 4.93. The lowest BCUT2D eigenvalue weighted by Crippen LogP contribution is -2.34. The average molecular weight is 542 g/mol. The summed E-state index contributed by atoms with van der Waals surface area (Å²) in [6.07, 6.45) is 1.60. The number of hydrogen-bond acceptors (Lipinski definition) is 7. The van der Waals surface area contributed by atoms with Crippen molar-refractivity contribution in [3.63, 3.8) is 0 Å². The molecule has 0 spiro atoms. The van der Waals surface area contributed by atoms with Crippen LogP contribution in [0.4, 0.5) is 11.6 Å². The van der Waals surface area contributed by atoms with E-state index in [2.05, 4.69) is 20.3 Å². The molecule has 0 amide bonds. The molecule has 11 heteroatoms. The first-order valence-corrected chi connectivity index (χ1v) is 12.0. The third kappa shape index (κ3) is 6.20. The number of H-pyrrole nitrogens is 1. The predicted molar refractivity (Wildman–Crippen MR) is 146 cm³/mol. The first kappa shape index (κ1) is 25.4. The minimum absolute atomic E-state index is 0.0802. The van der Waals surface area contributed by atoms with E-state index in [-0.39, 0.29) is 18.1 Å². The molecule has 10 nitrogen and oxygen atoms in total. The highest BCUT2D eigenvalue weighted by Crippen LogP contribution is 2.26. The maximum atomic E-state index is 12.5. The number of aromatic amines is 1. The number of pyridine rings is 1. The zero-order valence-corrected chi connectivity index (χ0v) is 20.9. The number of aromatic nitrogens is 4. The third-order valence-corrected chi connectivity index (χ3v) is 5.94. The van der Waals surface area contributed by atoms with Crippen molar-refractivity contribution in [1.82, 2.24) is 19.5 Å². The Bertz CT molecular complexity index is 1750. The largest absolute Gasteiger partial charge is 0.478 e. The quantitative estimate of drug-likeness (QED) is 0.251. The van der Waals surface area contributed by atoms with Crippen molar-refractivity contribution in [3.8, 4) is 22.8 Å². The van der Waals surface area contributed by atoms with E-state index >= 15 is 0 Å². The van der Waals surface area contributed by atoms with Crippen molar-refractivity contribution in [2.75, 3.05) is 5.32 Å². The first-order chi connectivity index (χ1) is 18.8. The molecule has 2 heterocycles. The SMILES string of the molecule is O=C(O)c1cccc(-c2ccc(Oc3ccc(Nc4nc(=O)[nH]c(=O)n4Cc4ccc(Cl)cc4)cc3)nc2)c1. The molecule has 0 fully saturated rings. The number of anilines is 2. The summed E-state index contributed by atoms with van der Waals surface area (Å²) in [6.45, 7) is 0.172. The van der Waals surface area contributed by atoms with Gasteiger partial charge in [0.15, 0.2) is 0 Å². The number of aromatic carboxylic acids is 1. The highest BCUT2D eigenvalue weighted by atomic mass is 35.5. The van der Waals surface area contributed by atoms with Crippen LogP contribution in [-0.2, 0) is 6.54 Å². The molecular weight excluding hydrogens is 522 g/mol. The minimum atomic E-state index is -0.998. The summed E-state index contributed by atoms with van der Waals surface area (Å²) in [7, 11) is 0. The van der Waals surface area contributed by atoms with E-state index in [1.165, 1.54) is 10.6 Å². The minimum Gasteiger partial charge on any atom is -0.478 e. The van der Waals surface area contributed by atoms with Gasteiger partial charge in [0, 0.05) is 28.5 Å². The number of hydrogen-bond donors (Lipinski definition) is 3. The Hall–Kier alpha value is -5.22. The molecule has 0 aliphatic heterocycles. The summed E-state index contributed by atoms with van der Waals surface area (Å²) < 4.78 is 7.13. The van der Waals surface area contributed by atoms with E-state index < -0.39 is 17.3 Å². The Morgan fingerprint density at radius 3 is 2.44 bits per heavy atom. The lowest BCUT2D eigenvalue weighted by Gasteiger charge is -2.13. The summed E-state index contributed by atoms with van der Waals surface area (Å²) in [5.74, 6) is -0.0630. The van der Waals surface area contributed by atoms with Gasteiger partial charge in [-0.05, 0) is 65.7 Å². The van der Waals surface area contributed by atoms with Gasteiger partial charge in [0.1, 0.15) is 5.75 Å². The Balaban J connectivity index is 1.29. The molecule has 0 unspecified atom stereocenters. The molecule has 2 aromatic heterocycles. The average Bonchev–Trinajstić information content (AvgIpc) is 2.93. The molecule has 3 N–H and O–H groups in total. The van der Waals surface area contributed by atoms with Crippen LogP contribution in [0.25, 0.3) is 11.1 Å². The van der Waals surface area contributed by atoms with Gasteiger partial charge in [0.25, 0.3) is 0 Å². The van der Waals surface area contributed by atoms with Crippen molar-refractivity contribution < 1.29 is 14.6 Å². The molecule has 0 aliphatic carbocycles. The van der Waals surface area contributed by atoms with Gasteiger partial charge in [-0.2, -0.15) is 4.98 Å². The van der Waals surface area contributed by atoms with E-state index in [0.29, 0.717) is 22.3 Å². The van der Waals surface area contributed by atoms with E-state index in [0.717, 1.165) is 16.7 Å². The lowest BCUT2D eigenvalue weighted by molar-refractivity contribution is 0.0697. The standard InChI is InChI=1S/C28H20ClN5O5/c29-21-7-4-17(5-8-21)16-34-26(32-27(37)33-28(34)38)31-22-9-11-23(12-10-22)39-24-13-6-20(15-30-24)18-2-1-3-19(14-18)25(35)36/h1-15H,16H2,(H,35,36)(H2,31,32,33,37,38). The molecule has 0 atom stereocenters. The molecule has 0 bridgehead atoms. The van der Waals surface area contributed by atoms with Gasteiger partial charge in [-0.15, -0.1) is 0 Å². The van der Waals surface area contributed by atoms with E-state index in [9.17, 15) is 19.5 Å². The number of carbonyl (C=O) groups is 1.